The van der Waals surface area contributed by atoms with Gasteiger partial charge in [0, 0.05) is 51.4 Å². The lowest BCUT2D eigenvalue weighted by Crippen LogP contribution is -1.93. The number of pyridine rings is 4. The molecule has 0 radical (unpaired) electrons. The van der Waals surface area contributed by atoms with E-state index in [-0.39, 0.29) is 0 Å². The van der Waals surface area contributed by atoms with Crippen LogP contribution in [-0.2, 0) is 0 Å². The molecule has 0 aliphatic heterocycles. The van der Waals surface area contributed by atoms with Crippen LogP contribution in [0.15, 0.2) is 158 Å². The summed E-state index contributed by atoms with van der Waals surface area (Å²) < 4.78 is 0. The van der Waals surface area contributed by atoms with Crippen molar-refractivity contribution in [1.82, 2.24) is 19.9 Å². The molecule has 0 aliphatic carbocycles. The molecule has 0 unspecified atom stereocenters. The fourth-order valence-electron chi connectivity index (χ4n) is 6.70. The van der Waals surface area contributed by atoms with Crippen LogP contribution in [0.3, 0.4) is 0 Å². The molecule has 0 saturated carbocycles. The molecule has 5 aromatic carbocycles. The molecule has 4 heteroatoms. The van der Waals surface area contributed by atoms with Crippen molar-refractivity contribution < 1.29 is 0 Å². The van der Waals surface area contributed by atoms with Crippen molar-refractivity contribution in [3.05, 3.63) is 158 Å². The van der Waals surface area contributed by atoms with Gasteiger partial charge in [-0.05, 0) is 82.1 Å². The minimum Gasteiger partial charge on any atom is -0.256 e. The number of fused-ring (bicyclic) bond motifs is 5. The highest BCUT2D eigenvalue weighted by Gasteiger charge is 2.18. The molecule has 0 atom stereocenters. The fourth-order valence-corrected chi connectivity index (χ4v) is 6.70. The van der Waals surface area contributed by atoms with Crippen LogP contribution in [0.25, 0.3) is 88.2 Å². The number of benzene rings is 5. The lowest BCUT2D eigenvalue weighted by atomic mass is 9.87. The molecule has 46 heavy (non-hydrogen) atoms. The van der Waals surface area contributed by atoms with Crippen LogP contribution < -0.4 is 0 Å². The Kier molecular flexibility index (Phi) is 6.10. The van der Waals surface area contributed by atoms with Gasteiger partial charge in [0.15, 0.2) is 0 Å². The van der Waals surface area contributed by atoms with Crippen LogP contribution in [0.4, 0.5) is 0 Å². The normalized spacial score (nSPS) is 11.5. The first-order valence-corrected chi connectivity index (χ1v) is 15.4. The number of hydrogen-bond donors (Lipinski definition) is 0. The Hall–Kier alpha value is -6.26. The largest absolute Gasteiger partial charge is 0.256 e. The Balaban J connectivity index is 1.33. The summed E-state index contributed by atoms with van der Waals surface area (Å²) in [7, 11) is 0. The summed E-state index contributed by atoms with van der Waals surface area (Å²) >= 11 is 0. The smallest absolute Gasteiger partial charge is 0.0978 e. The highest BCUT2D eigenvalue weighted by Crippen LogP contribution is 2.43. The van der Waals surface area contributed by atoms with Gasteiger partial charge in [-0.1, -0.05) is 84.9 Å². The molecule has 9 rings (SSSR count). The lowest BCUT2D eigenvalue weighted by Gasteiger charge is -2.17. The van der Waals surface area contributed by atoms with Crippen LogP contribution in [0.2, 0.25) is 0 Å². The van der Waals surface area contributed by atoms with Crippen LogP contribution in [0.1, 0.15) is 0 Å². The highest BCUT2D eigenvalue weighted by atomic mass is 14.7. The summed E-state index contributed by atoms with van der Waals surface area (Å²) in [6.07, 6.45) is 5.53. The van der Waals surface area contributed by atoms with E-state index in [1.54, 1.807) is 0 Å². The first-order valence-electron chi connectivity index (χ1n) is 15.4. The maximum Gasteiger partial charge on any atom is 0.0978 e. The third kappa shape index (κ3) is 4.31. The van der Waals surface area contributed by atoms with E-state index in [1.165, 1.54) is 21.9 Å². The van der Waals surface area contributed by atoms with E-state index in [9.17, 15) is 0 Å². The van der Waals surface area contributed by atoms with Gasteiger partial charge < -0.3 is 0 Å². The molecule has 0 aliphatic rings. The van der Waals surface area contributed by atoms with Crippen LogP contribution in [0.5, 0.6) is 0 Å². The van der Waals surface area contributed by atoms with Gasteiger partial charge in [-0.15, -0.1) is 0 Å². The quantitative estimate of drug-likeness (QED) is 0.152. The highest BCUT2D eigenvalue weighted by molar-refractivity contribution is 6.20. The summed E-state index contributed by atoms with van der Waals surface area (Å²) in [4.78, 5) is 19.3. The van der Waals surface area contributed by atoms with E-state index in [0.717, 1.165) is 66.4 Å². The molecule has 4 aromatic heterocycles. The van der Waals surface area contributed by atoms with Gasteiger partial charge in [0.25, 0.3) is 0 Å². The zero-order chi connectivity index (χ0) is 30.5. The van der Waals surface area contributed by atoms with Crippen molar-refractivity contribution in [2.75, 3.05) is 0 Å². The third-order valence-corrected chi connectivity index (χ3v) is 8.78. The average molecular weight is 587 g/mol. The van der Waals surface area contributed by atoms with Crippen LogP contribution in [-0.4, -0.2) is 19.9 Å². The van der Waals surface area contributed by atoms with Crippen molar-refractivity contribution in [3.8, 4) is 44.8 Å². The van der Waals surface area contributed by atoms with E-state index in [0.29, 0.717) is 0 Å². The van der Waals surface area contributed by atoms with Crippen molar-refractivity contribution in [1.29, 1.82) is 0 Å². The number of para-hydroxylation sites is 1. The Morgan fingerprint density at radius 3 is 1.70 bits per heavy atom. The van der Waals surface area contributed by atoms with Crippen LogP contribution in [0, 0.1) is 0 Å². The first kappa shape index (κ1) is 26.2. The Morgan fingerprint density at radius 1 is 0.370 bits per heavy atom. The predicted octanol–water partition coefficient (Wildman–Crippen LogP) is 10.5. The van der Waals surface area contributed by atoms with Crippen molar-refractivity contribution in [2.24, 2.45) is 0 Å². The van der Waals surface area contributed by atoms with Gasteiger partial charge >= 0.3 is 0 Å². The Morgan fingerprint density at radius 2 is 0.978 bits per heavy atom. The van der Waals surface area contributed by atoms with Gasteiger partial charge in [-0.25, -0.2) is 4.98 Å². The summed E-state index contributed by atoms with van der Waals surface area (Å²) in [5.41, 5.74) is 11.4. The average Bonchev–Trinajstić information content (AvgIpc) is 3.14. The molecule has 4 nitrogen and oxygen atoms in total. The first-order chi connectivity index (χ1) is 22.8. The molecule has 0 spiro atoms. The zero-order valence-electron chi connectivity index (χ0n) is 24.8. The van der Waals surface area contributed by atoms with Gasteiger partial charge in [0.2, 0.25) is 0 Å². The summed E-state index contributed by atoms with van der Waals surface area (Å²) in [5.74, 6) is 0. The molecular weight excluding hydrogens is 560 g/mol. The molecule has 0 amide bonds. The summed E-state index contributed by atoms with van der Waals surface area (Å²) in [6, 6.07) is 48.8. The molecule has 0 fully saturated rings. The second kappa shape index (κ2) is 10.7. The maximum absolute atomic E-state index is 5.14. The number of hydrogen-bond acceptors (Lipinski definition) is 4. The molecule has 9 aromatic rings. The Bertz CT molecular complexity index is 2520. The number of rotatable bonds is 4. The van der Waals surface area contributed by atoms with E-state index < -0.39 is 0 Å². The van der Waals surface area contributed by atoms with E-state index in [4.69, 9.17) is 9.97 Å². The minimum absolute atomic E-state index is 0.918. The monoisotopic (exact) mass is 586 g/mol. The minimum atomic E-state index is 0.918. The van der Waals surface area contributed by atoms with Crippen molar-refractivity contribution in [2.45, 2.75) is 0 Å². The lowest BCUT2D eigenvalue weighted by molar-refractivity contribution is 1.31. The number of aromatic nitrogens is 4. The SMILES string of the molecule is c1ccc(-c2cc(-c3ccccn3)cc(-c3ccc(-c4c5ccccc5nc5c4ccc4cccnc45)c4ccccc34)c2)nc1. The summed E-state index contributed by atoms with van der Waals surface area (Å²) in [6.45, 7) is 0. The van der Waals surface area contributed by atoms with E-state index >= 15 is 0 Å². The van der Waals surface area contributed by atoms with Crippen molar-refractivity contribution in [3.63, 3.8) is 0 Å². The van der Waals surface area contributed by atoms with E-state index in [1.807, 2.05) is 48.9 Å². The molecular formula is C42H26N4. The second-order valence-corrected chi connectivity index (χ2v) is 11.5. The fraction of sp³-hybridized carbons (Fsp3) is 0. The molecule has 4 heterocycles. The van der Waals surface area contributed by atoms with Gasteiger partial charge in [0.1, 0.15) is 0 Å². The molecule has 0 N–H and O–H groups in total. The Labute approximate surface area is 265 Å². The van der Waals surface area contributed by atoms with Crippen molar-refractivity contribution >= 4 is 43.5 Å². The molecule has 0 bridgehead atoms. The van der Waals surface area contributed by atoms with E-state index in [2.05, 4.69) is 119 Å². The standard InChI is InChI=1S/C42H26N4/c1-2-12-33-32(11-1)31(28-24-29(37-14-5-7-21-43-37)26-30(25-28)38-15-6-8-22-44-38)19-20-34(33)40-35-13-3-4-16-39(35)46-42-36(40)18-17-27-10-9-23-45-41(27)42/h1-26H. The zero-order valence-corrected chi connectivity index (χ0v) is 24.8. The predicted molar refractivity (Wildman–Crippen MR) is 189 cm³/mol. The van der Waals surface area contributed by atoms with Gasteiger partial charge in [-0.2, -0.15) is 0 Å². The molecule has 0 saturated heterocycles. The number of nitrogens with zero attached hydrogens (tertiary/aromatic N) is 4. The van der Waals surface area contributed by atoms with Crippen LogP contribution >= 0.6 is 0 Å². The third-order valence-electron chi connectivity index (χ3n) is 8.78. The molecule has 214 valence electrons. The second-order valence-electron chi connectivity index (χ2n) is 11.5. The van der Waals surface area contributed by atoms with Gasteiger partial charge in [0.05, 0.1) is 27.9 Å². The maximum atomic E-state index is 5.14. The topological polar surface area (TPSA) is 51.6 Å². The van der Waals surface area contributed by atoms with Gasteiger partial charge in [-0.3, -0.25) is 15.0 Å². The summed E-state index contributed by atoms with van der Waals surface area (Å²) in [5, 5.41) is 5.66.